The lowest BCUT2D eigenvalue weighted by molar-refractivity contribution is -0.278. The maximum absolute atomic E-state index is 12.9. The zero-order valence-electron chi connectivity index (χ0n) is 12.5. The fraction of sp³-hybridized carbons (Fsp3) is 0.923. The summed E-state index contributed by atoms with van der Waals surface area (Å²) in [7, 11) is 0. The topological polar surface area (TPSA) is 75.8 Å². The minimum absolute atomic E-state index is 0.0342. The fourth-order valence-electron chi connectivity index (χ4n) is 2.38. The molecule has 0 aromatic carbocycles. The molecule has 0 spiro atoms. The van der Waals surface area contributed by atoms with Crippen LogP contribution in [-0.4, -0.2) is 53.1 Å². The van der Waals surface area contributed by atoms with E-state index in [4.69, 9.17) is 10.5 Å². The molecule has 1 saturated heterocycles. The van der Waals surface area contributed by atoms with Gasteiger partial charge in [-0.2, -0.15) is 13.2 Å². The van der Waals surface area contributed by atoms with Gasteiger partial charge in [0.1, 0.15) is 5.60 Å². The number of amides is 1. The van der Waals surface area contributed by atoms with Gasteiger partial charge in [-0.1, -0.05) is 0 Å². The maximum atomic E-state index is 12.9. The van der Waals surface area contributed by atoms with Gasteiger partial charge < -0.3 is 20.5 Å². The summed E-state index contributed by atoms with van der Waals surface area (Å²) in [6, 6.07) is 0. The van der Waals surface area contributed by atoms with Crippen LogP contribution in [0, 0.1) is 5.92 Å². The van der Waals surface area contributed by atoms with E-state index in [1.165, 1.54) is 4.90 Å². The van der Waals surface area contributed by atoms with Gasteiger partial charge in [-0.25, -0.2) is 4.79 Å². The Kier molecular flexibility index (Phi) is 5.15. The van der Waals surface area contributed by atoms with Crippen LogP contribution in [0.25, 0.3) is 0 Å². The zero-order chi connectivity index (χ0) is 16.5. The predicted octanol–water partition coefficient (Wildman–Crippen LogP) is 1.89. The highest BCUT2D eigenvalue weighted by atomic mass is 19.4. The summed E-state index contributed by atoms with van der Waals surface area (Å²) in [6.45, 7) is 4.49. The number of hydrogen-bond donors (Lipinski definition) is 2. The van der Waals surface area contributed by atoms with E-state index in [1.54, 1.807) is 20.8 Å². The molecule has 1 amide bonds. The molecule has 3 N–H and O–H groups in total. The van der Waals surface area contributed by atoms with E-state index in [-0.39, 0.29) is 25.9 Å². The summed E-state index contributed by atoms with van der Waals surface area (Å²) in [5.41, 5.74) is 1.58. The van der Waals surface area contributed by atoms with Crippen LogP contribution >= 0.6 is 0 Å². The molecule has 1 unspecified atom stereocenters. The van der Waals surface area contributed by atoms with E-state index >= 15 is 0 Å². The number of piperidine rings is 1. The van der Waals surface area contributed by atoms with Crippen molar-refractivity contribution in [3.63, 3.8) is 0 Å². The smallest absolute Gasteiger partial charge is 0.418 e. The molecule has 0 aromatic rings. The van der Waals surface area contributed by atoms with Crippen LogP contribution < -0.4 is 5.73 Å². The molecule has 0 aromatic heterocycles. The summed E-state index contributed by atoms with van der Waals surface area (Å²) in [5.74, 6) is -1.01. The monoisotopic (exact) mass is 312 g/mol. The normalized spacial score (nSPS) is 21.0. The fourth-order valence-corrected chi connectivity index (χ4v) is 2.38. The van der Waals surface area contributed by atoms with Gasteiger partial charge in [-0.3, -0.25) is 0 Å². The summed E-state index contributed by atoms with van der Waals surface area (Å²) in [6.07, 6.45) is -5.26. The van der Waals surface area contributed by atoms with E-state index in [2.05, 4.69) is 0 Å². The van der Waals surface area contributed by atoms with Gasteiger partial charge in [-0.15, -0.1) is 0 Å². The molecule has 1 rings (SSSR count). The molecule has 1 aliphatic rings. The van der Waals surface area contributed by atoms with E-state index < -0.39 is 35.9 Å². The third-order valence-corrected chi connectivity index (χ3v) is 3.62. The summed E-state index contributed by atoms with van der Waals surface area (Å²) in [4.78, 5) is 13.2. The quantitative estimate of drug-likeness (QED) is 0.816. The molecule has 5 nitrogen and oxygen atoms in total. The van der Waals surface area contributed by atoms with Crippen LogP contribution in [-0.2, 0) is 4.74 Å². The third-order valence-electron chi connectivity index (χ3n) is 3.62. The Morgan fingerprint density at radius 3 is 2.10 bits per heavy atom. The van der Waals surface area contributed by atoms with Gasteiger partial charge in [0.15, 0.2) is 5.60 Å². The first-order valence-corrected chi connectivity index (χ1v) is 6.88. The minimum atomic E-state index is -4.78. The number of alkyl halides is 3. The molecule has 0 aliphatic carbocycles. The second-order valence-electron chi connectivity index (χ2n) is 6.37. The second kappa shape index (κ2) is 6.00. The van der Waals surface area contributed by atoms with Crippen LogP contribution in [0.5, 0.6) is 0 Å². The van der Waals surface area contributed by atoms with E-state index in [1.807, 2.05) is 0 Å². The molecule has 0 radical (unpaired) electrons. The Labute approximate surface area is 122 Å². The second-order valence-corrected chi connectivity index (χ2v) is 6.37. The summed E-state index contributed by atoms with van der Waals surface area (Å²) >= 11 is 0. The molecule has 1 heterocycles. The number of ether oxygens (including phenoxy) is 1. The molecule has 1 aliphatic heterocycles. The lowest BCUT2D eigenvalue weighted by Crippen LogP contribution is -2.59. The summed E-state index contributed by atoms with van der Waals surface area (Å²) in [5, 5.41) is 9.81. The van der Waals surface area contributed by atoms with Crippen molar-refractivity contribution in [1.29, 1.82) is 0 Å². The summed E-state index contributed by atoms with van der Waals surface area (Å²) < 4.78 is 44.0. The lowest BCUT2D eigenvalue weighted by Gasteiger charge is -2.41. The van der Waals surface area contributed by atoms with Gasteiger partial charge in [0.05, 0.1) is 0 Å². The van der Waals surface area contributed by atoms with Crippen molar-refractivity contribution < 1.29 is 27.8 Å². The highest BCUT2D eigenvalue weighted by Crippen LogP contribution is 2.40. The van der Waals surface area contributed by atoms with Crippen LogP contribution in [0.15, 0.2) is 0 Å². The zero-order valence-corrected chi connectivity index (χ0v) is 12.5. The van der Waals surface area contributed by atoms with E-state index in [0.29, 0.717) is 0 Å². The SMILES string of the molecule is CC(C)(C)OC(=O)N1CCC(C(O)(CN)C(F)(F)F)CC1. The molecule has 0 saturated carbocycles. The third kappa shape index (κ3) is 4.23. The van der Waals surface area contributed by atoms with E-state index in [9.17, 15) is 23.1 Å². The van der Waals surface area contributed by atoms with Crippen molar-refractivity contribution in [2.75, 3.05) is 19.6 Å². The van der Waals surface area contributed by atoms with Crippen LogP contribution in [0.4, 0.5) is 18.0 Å². The minimum Gasteiger partial charge on any atom is -0.444 e. The largest absolute Gasteiger partial charge is 0.444 e. The highest BCUT2D eigenvalue weighted by molar-refractivity contribution is 5.68. The van der Waals surface area contributed by atoms with Gasteiger partial charge >= 0.3 is 12.3 Å². The number of halogens is 3. The Bertz CT molecular complexity index is 374. The van der Waals surface area contributed by atoms with Crippen molar-refractivity contribution in [3.05, 3.63) is 0 Å². The first-order chi connectivity index (χ1) is 9.40. The predicted molar refractivity (Wildman–Crippen MR) is 70.6 cm³/mol. The molecule has 1 atom stereocenters. The van der Waals surface area contributed by atoms with Crippen molar-refractivity contribution >= 4 is 6.09 Å². The standard InChI is InChI=1S/C13H23F3N2O3/c1-11(2,3)21-10(19)18-6-4-9(5-7-18)12(20,8-17)13(14,15)16/h9,20H,4-8,17H2,1-3H3. The van der Waals surface area contributed by atoms with Gasteiger partial charge in [0.25, 0.3) is 0 Å². The number of aliphatic hydroxyl groups is 1. The van der Waals surface area contributed by atoms with Crippen molar-refractivity contribution in [3.8, 4) is 0 Å². The number of nitrogens with two attached hydrogens (primary N) is 1. The first-order valence-electron chi connectivity index (χ1n) is 6.88. The Morgan fingerprint density at radius 2 is 1.76 bits per heavy atom. The average Bonchev–Trinajstić information content (AvgIpc) is 2.34. The Balaban J connectivity index is 2.65. The van der Waals surface area contributed by atoms with E-state index in [0.717, 1.165) is 0 Å². The van der Waals surface area contributed by atoms with Crippen LogP contribution in [0.3, 0.4) is 0 Å². The molecule has 21 heavy (non-hydrogen) atoms. The molecule has 124 valence electrons. The van der Waals surface area contributed by atoms with Crippen molar-refractivity contribution in [2.45, 2.75) is 51.0 Å². The highest BCUT2D eigenvalue weighted by Gasteiger charge is 2.57. The molecule has 1 fully saturated rings. The van der Waals surface area contributed by atoms with Crippen molar-refractivity contribution in [2.24, 2.45) is 11.7 Å². The van der Waals surface area contributed by atoms with Crippen molar-refractivity contribution in [1.82, 2.24) is 4.90 Å². The molecular weight excluding hydrogens is 289 g/mol. The molecular formula is C13H23F3N2O3. The number of nitrogens with zero attached hydrogens (tertiary/aromatic N) is 1. The van der Waals surface area contributed by atoms with Crippen LogP contribution in [0.2, 0.25) is 0 Å². The number of rotatable bonds is 2. The first kappa shape index (κ1) is 18.0. The Hall–Kier alpha value is -1.02. The number of hydrogen-bond acceptors (Lipinski definition) is 4. The maximum Gasteiger partial charge on any atom is 0.418 e. The molecule has 8 heteroatoms. The van der Waals surface area contributed by atoms with Gasteiger partial charge in [-0.05, 0) is 33.6 Å². The Morgan fingerprint density at radius 1 is 1.29 bits per heavy atom. The number of carbonyl (C=O) groups excluding carboxylic acids is 1. The lowest BCUT2D eigenvalue weighted by atomic mass is 9.80. The van der Waals surface area contributed by atoms with Gasteiger partial charge in [0, 0.05) is 25.6 Å². The average molecular weight is 312 g/mol. The number of likely N-dealkylation sites (tertiary alicyclic amines) is 1. The van der Waals surface area contributed by atoms with Gasteiger partial charge in [0.2, 0.25) is 0 Å². The molecule has 0 bridgehead atoms. The van der Waals surface area contributed by atoms with Crippen LogP contribution in [0.1, 0.15) is 33.6 Å². The number of carbonyl (C=O) groups is 1.